The Kier molecular flexibility index (Phi) is 6.30. The van der Waals surface area contributed by atoms with Crippen molar-refractivity contribution in [3.8, 4) is 5.75 Å². The minimum absolute atomic E-state index is 0.239. The molecule has 1 saturated heterocycles. The normalized spacial score (nSPS) is 15.4. The summed E-state index contributed by atoms with van der Waals surface area (Å²) in [5.41, 5.74) is 6.86. The number of rotatable bonds is 5. The summed E-state index contributed by atoms with van der Waals surface area (Å²) in [6.07, 6.45) is 2.16. The van der Waals surface area contributed by atoms with Gasteiger partial charge in [0, 0.05) is 45.1 Å². The Bertz CT molecular complexity index is 767. The molecule has 0 atom stereocenters. The van der Waals surface area contributed by atoms with Crippen LogP contribution >= 0.6 is 0 Å². The van der Waals surface area contributed by atoms with E-state index in [1.54, 1.807) is 19.2 Å². The van der Waals surface area contributed by atoms with Gasteiger partial charge in [-0.05, 0) is 29.8 Å². The van der Waals surface area contributed by atoms with Crippen LogP contribution in [0.25, 0.3) is 0 Å². The molecule has 0 radical (unpaired) electrons. The molecule has 142 valence electrons. The SMILES string of the molecule is CN=C(NCc1ccc(C(N)=O)cc1)N1CCC(Oc2ccccc2)CC1. The standard InChI is InChI=1S/C21H26N4O2/c1-23-21(24-15-16-7-9-17(10-8-16)20(22)26)25-13-11-19(12-14-25)27-18-5-3-2-4-6-18/h2-10,19H,11-15H2,1H3,(H2,22,26)(H,23,24). The molecule has 1 aliphatic heterocycles. The number of benzene rings is 2. The number of nitrogens with zero attached hydrogens (tertiary/aromatic N) is 2. The molecule has 6 nitrogen and oxygen atoms in total. The maximum atomic E-state index is 11.1. The van der Waals surface area contributed by atoms with Gasteiger partial charge in [0.1, 0.15) is 11.9 Å². The lowest BCUT2D eigenvalue weighted by Crippen LogP contribution is -2.47. The van der Waals surface area contributed by atoms with Crippen LogP contribution < -0.4 is 15.8 Å². The van der Waals surface area contributed by atoms with E-state index < -0.39 is 5.91 Å². The summed E-state index contributed by atoms with van der Waals surface area (Å²) < 4.78 is 6.05. The van der Waals surface area contributed by atoms with Gasteiger partial charge in [0.2, 0.25) is 5.91 Å². The molecule has 1 heterocycles. The largest absolute Gasteiger partial charge is 0.490 e. The summed E-state index contributed by atoms with van der Waals surface area (Å²) in [6.45, 7) is 2.45. The first-order chi connectivity index (χ1) is 13.2. The van der Waals surface area contributed by atoms with Crippen molar-refractivity contribution in [2.24, 2.45) is 10.7 Å². The summed E-state index contributed by atoms with van der Waals surface area (Å²) in [4.78, 5) is 17.8. The Morgan fingerprint density at radius 1 is 1.15 bits per heavy atom. The van der Waals surface area contributed by atoms with Crippen LogP contribution in [0.15, 0.2) is 59.6 Å². The van der Waals surface area contributed by atoms with E-state index in [0.717, 1.165) is 43.2 Å². The lowest BCUT2D eigenvalue weighted by molar-refractivity contribution is 0.1000. The van der Waals surface area contributed by atoms with Gasteiger partial charge >= 0.3 is 0 Å². The van der Waals surface area contributed by atoms with Crippen molar-refractivity contribution in [2.75, 3.05) is 20.1 Å². The molecular formula is C21H26N4O2. The second-order valence-electron chi connectivity index (χ2n) is 6.58. The number of piperidine rings is 1. The third-order valence-corrected chi connectivity index (χ3v) is 4.69. The van der Waals surface area contributed by atoms with Crippen LogP contribution in [0.1, 0.15) is 28.8 Å². The highest BCUT2D eigenvalue weighted by Gasteiger charge is 2.22. The Hall–Kier alpha value is -3.02. The van der Waals surface area contributed by atoms with Gasteiger partial charge in [-0.3, -0.25) is 9.79 Å². The first-order valence-electron chi connectivity index (χ1n) is 9.22. The Labute approximate surface area is 160 Å². The van der Waals surface area contributed by atoms with E-state index in [-0.39, 0.29) is 6.10 Å². The average molecular weight is 366 g/mol. The third kappa shape index (κ3) is 5.23. The molecule has 1 amide bonds. The van der Waals surface area contributed by atoms with Crippen LogP contribution in [-0.2, 0) is 6.54 Å². The molecule has 2 aromatic carbocycles. The van der Waals surface area contributed by atoms with Gasteiger partial charge in [0.15, 0.2) is 5.96 Å². The smallest absolute Gasteiger partial charge is 0.248 e. The number of ether oxygens (including phenoxy) is 1. The number of amides is 1. The molecule has 0 unspecified atom stereocenters. The van der Waals surface area contributed by atoms with Gasteiger partial charge in [0.25, 0.3) is 0 Å². The highest BCUT2D eigenvalue weighted by Crippen LogP contribution is 2.18. The molecule has 0 saturated carbocycles. The number of para-hydroxylation sites is 1. The summed E-state index contributed by atoms with van der Waals surface area (Å²) >= 11 is 0. The number of guanidine groups is 1. The van der Waals surface area contributed by atoms with Crippen LogP contribution in [0, 0.1) is 0 Å². The number of likely N-dealkylation sites (tertiary alicyclic amines) is 1. The number of carbonyl (C=O) groups excluding carboxylic acids is 1. The zero-order valence-electron chi connectivity index (χ0n) is 15.6. The number of hydrogen-bond donors (Lipinski definition) is 2. The van der Waals surface area contributed by atoms with Crippen molar-refractivity contribution in [3.05, 3.63) is 65.7 Å². The Morgan fingerprint density at radius 2 is 1.81 bits per heavy atom. The van der Waals surface area contributed by atoms with Gasteiger partial charge in [-0.1, -0.05) is 30.3 Å². The lowest BCUT2D eigenvalue weighted by Gasteiger charge is -2.34. The molecule has 3 rings (SSSR count). The van der Waals surface area contributed by atoms with E-state index in [9.17, 15) is 4.79 Å². The van der Waals surface area contributed by atoms with Crippen LogP contribution in [0.5, 0.6) is 5.75 Å². The minimum atomic E-state index is -0.411. The fourth-order valence-corrected chi connectivity index (χ4v) is 3.18. The van der Waals surface area contributed by atoms with E-state index in [0.29, 0.717) is 12.1 Å². The molecule has 27 heavy (non-hydrogen) atoms. The lowest BCUT2D eigenvalue weighted by atomic mass is 10.1. The van der Waals surface area contributed by atoms with Gasteiger partial charge < -0.3 is 20.7 Å². The van der Waals surface area contributed by atoms with Crippen LogP contribution in [0.3, 0.4) is 0 Å². The number of primary amides is 1. The average Bonchev–Trinajstić information content (AvgIpc) is 2.71. The summed E-state index contributed by atoms with van der Waals surface area (Å²) in [5.74, 6) is 1.40. The van der Waals surface area contributed by atoms with Gasteiger partial charge in [-0.2, -0.15) is 0 Å². The highest BCUT2D eigenvalue weighted by molar-refractivity contribution is 5.92. The van der Waals surface area contributed by atoms with Crippen molar-refractivity contribution >= 4 is 11.9 Å². The molecule has 2 aromatic rings. The van der Waals surface area contributed by atoms with E-state index in [1.807, 2.05) is 42.5 Å². The predicted octanol–water partition coefficient (Wildman–Crippen LogP) is 2.40. The number of aliphatic imine (C=N–C) groups is 1. The second kappa shape index (κ2) is 9.07. The first kappa shape index (κ1) is 18.8. The minimum Gasteiger partial charge on any atom is -0.490 e. The molecule has 0 spiro atoms. The number of carbonyl (C=O) groups is 1. The molecule has 3 N–H and O–H groups in total. The topological polar surface area (TPSA) is 79.9 Å². The van der Waals surface area contributed by atoms with Gasteiger partial charge in [-0.15, -0.1) is 0 Å². The maximum absolute atomic E-state index is 11.1. The zero-order valence-corrected chi connectivity index (χ0v) is 15.6. The van der Waals surface area contributed by atoms with E-state index in [1.165, 1.54) is 0 Å². The summed E-state index contributed by atoms with van der Waals surface area (Å²) in [5, 5.41) is 3.39. The van der Waals surface area contributed by atoms with Crippen molar-refractivity contribution in [2.45, 2.75) is 25.5 Å². The van der Waals surface area contributed by atoms with Gasteiger partial charge in [0.05, 0.1) is 0 Å². The Balaban J connectivity index is 1.48. The summed E-state index contributed by atoms with van der Waals surface area (Å²) in [7, 11) is 1.80. The zero-order chi connectivity index (χ0) is 19.1. The second-order valence-corrected chi connectivity index (χ2v) is 6.58. The van der Waals surface area contributed by atoms with Crippen LogP contribution in [0.4, 0.5) is 0 Å². The van der Waals surface area contributed by atoms with Crippen molar-refractivity contribution in [3.63, 3.8) is 0 Å². The fourth-order valence-electron chi connectivity index (χ4n) is 3.18. The fraction of sp³-hybridized carbons (Fsp3) is 0.333. The highest BCUT2D eigenvalue weighted by atomic mass is 16.5. The number of hydrogen-bond acceptors (Lipinski definition) is 3. The first-order valence-corrected chi connectivity index (χ1v) is 9.22. The van der Waals surface area contributed by atoms with E-state index in [2.05, 4.69) is 15.2 Å². The van der Waals surface area contributed by atoms with Gasteiger partial charge in [-0.25, -0.2) is 0 Å². The van der Waals surface area contributed by atoms with Crippen LogP contribution in [0.2, 0.25) is 0 Å². The van der Waals surface area contributed by atoms with Crippen molar-refractivity contribution < 1.29 is 9.53 Å². The van der Waals surface area contributed by atoms with Crippen LogP contribution in [-0.4, -0.2) is 43.0 Å². The summed E-state index contributed by atoms with van der Waals surface area (Å²) in [6, 6.07) is 17.3. The monoisotopic (exact) mass is 366 g/mol. The van der Waals surface area contributed by atoms with Crippen molar-refractivity contribution in [1.29, 1.82) is 0 Å². The molecule has 0 aromatic heterocycles. The third-order valence-electron chi connectivity index (χ3n) is 4.69. The molecular weight excluding hydrogens is 340 g/mol. The van der Waals surface area contributed by atoms with Crippen molar-refractivity contribution in [1.82, 2.24) is 10.2 Å². The van der Waals surface area contributed by atoms with E-state index in [4.69, 9.17) is 10.5 Å². The molecule has 0 aliphatic carbocycles. The maximum Gasteiger partial charge on any atom is 0.248 e. The molecule has 1 fully saturated rings. The molecule has 1 aliphatic rings. The quantitative estimate of drug-likeness (QED) is 0.629. The molecule has 6 heteroatoms. The predicted molar refractivity (Wildman–Crippen MR) is 107 cm³/mol. The number of nitrogens with two attached hydrogens (primary N) is 1. The Morgan fingerprint density at radius 3 is 2.41 bits per heavy atom. The van der Waals surface area contributed by atoms with E-state index >= 15 is 0 Å². The number of nitrogens with one attached hydrogen (secondary N) is 1. The molecule has 0 bridgehead atoms.